The average molecular weight is 404 g/mol. The van der Waals surface area contributed by atoms with Crippen LogP contribution >= 0.6 is 0 Å². The van der Waals surface area contributed by atoms with Gasteiger partial charge in [0.1, 0.15) is 5.58 Å². The summed E-state index contributed by atoms with van der Waals surface area (Å²) in [5, 5.41) is 14.1. The highest BCUT2D eigenvalue weighted by Gasteiger charge is 2.16. The Bertz CT molecular complexity index is 1350. The Morgan fingerprint density at radius 2 is 1.73 bits per heavy atom. The van der Waals surface area contributed by atoms with E-state index in [9.17, 15) is 24.1 Å². The van der Waals surface area contributed by atoms with Crippen molar-refractivity contribution in [1.82, 2.24) is 0 Å². The smallest absolute Gasteiger partial charge is 0.344 e. The van der Waals surface area contributed by atoms with Gasteiger partial charge >= 0.3 is 11.3 Å². The largest absolute Gasteiger partial charge is 0.422 e. The number of anilines is 1. The lowest BCUT2D eigenvalue weighted by Crippen LogP contribution is -2.12. The number of para-hydroxylation sites is 1. The number of benzene rings is 3. The van der Waals surface area contributed by atoms with Gasteiger partial charge in [0.25, 0.3) is 5.91 Å². The fourth-order valence-corrected chi connectivity index (χ4v) is 3.00. The third kappa shape index (κ3) is 3.66. The standard InChI is InChI=1S/C22H13FN2O5/c23-18-10-9-16(12-19(18)25(28)29)24-21(26)14-7-5-13(6-8-14)17-11-15-3-1-2-4-20(15)30-22(17)27/h1-12H,(H,24,26). The minimum Gasteiger partial charge on any atom is -0.422 e. The van der Waals surface area contributed by atoms with Crippen molar-refractivity contribution in [1.29, 1.82) is 0 Å². The number of fused-ring (bicyclic) bond motifs is 1. The lowest BCUT2D eigenvalue weighted by atomic mass is 10.0. The number of halogens is 1. The molecule has 148 valence electrons. The molecule has 1 aromatic heterocycles. The van der Waals surface area contributed by atoms with Crippen LogP contribution in [0.15, 0.2) is 82.0 Å². The molecule has 0 fully saturated rings. The number of nitrogens with zero attached hydrogens (tertiary/aromatic N) is 1. The van der Waals surface area contributed by atoms with Gasteiger partial charge in [-0.3, -0.25) is 14.9 Å². The molecule has 7 nitrogen and oxygen atoms in total. The predicted octanol–water partition coefficient (Wildman–Crippen LogP) is 4.76. The SMILES string of the molecule is O=C(Nc1ccc(F)c([N+](=O)[O-])c1)c1ccc(-c2cc3ccccc3oc2=O)cc1. The van der Waals surface area contributed by atoms with E-state index in [0.29, 0.717) is 16.7 Å². The van der Waals surface area contributed by atoms with Gasteiger partial charge in [-0.2, -0.15) is 4.39 Å². The lowest BCUT2D eigenvalue weighted by molar-refractivity contribution is -0.387. The normalized spacial score (nSPS) is 10.7. The zero-order chi connectivity index (χ0) is 21.3. The molecule has 30 heavy (non-hydrogen) atoms. The van der Waals surface area contributed by atoms with Crippen molar-refractivity contribution < 1.29 is 18.5 Å². The first-order valence-electron chi connectivity index (χ1n) is 8.81. The average Bonchev–Trinajstić information content (AvgIpc) is 2.74. The zero-order valence-electron chi connectivity index (χ0n) is 15.3. The Morgan fingerprint density at radius 1 is 1.00 bits per heavy atom. The summed E-state index contributed by atoms with van der Waals surface area (Å²) in [4.78, 5) is 34.7. The van der Waals surface area contributed by atoms with E-state index in [1.165, 1.54) is 18.2 Å². The second-order valence-electron chi connectivity index (χ2n) is 6.44. The van der Waals surface area contributed by atoms with Crippen molar-refractivity contribution in [3.8, 4) is 11.1 Å². The van der Waals surface area contributed by atoms with Gasteiger partial charge in [0.2, 0.25) is 5.82 Å². The van der Waals surface area contributed by atoms with Crippen LogP contribution in [0.3, 0.4) is 0 Å². The highest BCUT2D eigenvalue weighted by atomic mass is 19.1. The highest BCUT2D eigenvalue weighted by molar-refractivity contribution is 6.04. The molecule has 0 bridgehead atoms. The second kappa shape index (κ2) is 7.59. The summed E-state index contributed by atoms with van der Waals surface area (Å²) in [5.41, 5.74) is 0.535. The van der Waals surface area contributed by atoms with Crippen molar-refractivity contribution in [3.05, 3.63) is 105 Å². The van der Waals surface area contributed by atoms with Crippen LogP contribution in [0.5, 0.6) is 0 Å². The first kappa shape index (κ1) is 19.0. The van der Waals surface area contributed by atoms with E-state index < -0.39 is 28.0 Å². The third-order valence-corrected chi connectivity index (χ3v) is 4.50. The molecule has 0 aliphatic carbocycles. The lowest BCUT2D eigenvalue weighted by Gasteiger charge is -2.07. The molecule has 0 saturated heterocycles. The molecule has 4 aromatic rings. The van der Waals surface area contributed by atoms with Crippen LogP contribution in [0.2, 0.25) is 0 Å². The highest BCUT2D eigenvalue weighted by Crippen LogP contribution is 2.24. The van der Waals surface area contributed by atoms with Crippen molar-refractivity contribution in [2.45, 2.75) is 0 Å². The molecular formula is C22H13FN2O5. The maximum absolute atomic E-state index is 13.4. The first-order valence-corrected chi connectivity index (χ1v) is 8.81. The molecule has 0 spiro atoms. The summed E-state index contributed by atoms with van der Waals surface area (Å²) in [7, 11) is 0. The molecule has 0 unspecified atom stereocenters. The summed E-state index contributed by atoms with van der Waals surface area (Å²) >= 11 is 0. The number of nitro benzene ring substituents is 1. The molecule has 0 aliphatic heterocycles. The Labute approximate surface area is 168 Å². The van der Waals surface area contributed by atoms with Gasteiger partial charge < -0.3 is 9.73 Å². The van der Waals surface area contributed by atoms with Crippen LogP contribution in [0, 0.1) is 15.9 Å². The van der Waals surface area contributed by atoms with Crippen molar-refractivity contribution in [2.75, 3.05) is 5.32 Å². The van der Waals surface area contributed by atoms with Gasteiger partial charge in [0.05, 0.1) is 10.5 Å². The van der Waals surface area contributed by atoms with Gasteiger partial charge in [0.15, 0.2) is 0 Å². The van der Waals surface area contributed by atoms with Crippen molar-refractivity contribution in [3.63, 3.8) is 0 Å². The molecule has 1 amide bonds. The molecule has 0 saturated carbocycles. The Kier molecular flexibility index (Phi) is 4.81. The van der Waals surface area contributed by atoms with E-state index in [-0.39, 0.29) is 11.3 Å². The van der Waals surface area contributed by atoms with E-state index >= 15 is 0 Å². The number of hydrogen-bond donors (Lipinski definition) is 1. The van der Waals surface area contributed by atoms with Crippen molar-refractivity contribution in [2.24, 2.45) is 0 Å². The van der Waals surface area contributed by atoms with Gasteiger partial charge in [-0.05, 0) is 42.0 Å². The molecule has 0 aliphatic rings. The minimum absolute atomic E-state index is 0.0901. The van der Waals surface area contributed by atoms with Gasteiger partial charge in [0, 0.05) is 22.7 Å². The minimum atomic E-state index is -0.989. The van der Waals surface area contributed by atoms with Crippen molar-refractivity contribution >= 4 is 28.3 Å². The number of rotatable bonds is 4. The molecular weight excluding hydrogens is 391 g/mol. The first-order chi connectivity index (χ1) is 14.4. The number of nitro groups is 1. The number of carbonyl (C=O) groups excluding carboxylic acids is 1. The van der Waals surface area contributed by atoms with E-state index in [4.69, 9.17) is 4.42 Å². The maximum atomic E-state index is 13.4. The summed E-state index contributed by atoms with van der Waals surface area (Å²) < 4.78 is 18.8. The fourth-order valence-electron chi connectivity index (χ4n) is 3.00. The summed E-state index contributed by atoms with van der Waals surface area (Å²) in [6, 6.07) is 18.2. The van der Waals surface area contributed by atoms with Crippen LogP contribution in [-0.2, 0) is 0 Å². The van der Waals surface area contributed by atoms with E-state index in [2.05, 4.69) is 5.32 Å². The van der Waals surface area contributed by atoms with Crippen LogP contribution in [0.1, 0.15) is 10.4 Å². The molecule has 0 radical (unpaired) electrons. The van der Waals surface area contributed by atoms with Crippen LogP contribution in [0.25, 0.3) is 22.1 Å². The van der Waals surface area contributed by atoms with Gasteiger partial charge in [-0.1, -0.05) is 30.3 Å². The quantitative estimate of drug-likeness (QED) is 0.300. The zero-order valence-corrected chi connectivity index (χ0v) is 15.3. The van der Waals surface area contributed by atoms with Gasteiger partial charge in [-0.25, -0.2) is 4.79 Å². The topological polar surface area (TPSA) is 102 Å². The van der Waals surface area contributed by atoms with E-state index in [1.807, 2.05) is 12.1 Å². The Hall–Kier alpha value is -4.33. The number of carbonyl (C=O) groups is 1. The van der Waals surface area contributed by atoms with Crippen LogP contribution in [0.4, 0.5) is 15.8 Å². The van der Waals surface area contributed by atoms with E-state index in [1.54, 1.807) is 30.3 Å². The molecule has 8 heteroatoms. The van der Waals surface area contributed by atoms with Crippen LogP contribution < -0.4 is 10.9 Å². The summed E-state index contributed by atoms with van der Waals surface area (Å²) in [6.45, 7) is 0. The Morgan fingerprint density at radius 3 is 2.47 bits per heavy atom. The molecule has 1 heterocycles. The second-order valence-corrected chi connectivity index (χ2v) is 6.44. The summed E-state index contributed by atoms with van der Waals surface area (Å²) in [5.74, 6) is -1.52. The monoisotopic (exact) mass is 404 g/mol. The molecule has 1 N–H and O–H groups in total. The molecule has 4 rings (SSSR count). The third-order valence-electron chi connectivity index (χ3n) is 4.50. The molecule has 3 aromatic carbocycles. The Balaban J connectivity index is 1.59. The molecule has 0 atom stereocenters. The predicted molar refractivity (Wildman–Crippen MR) is 109 cm³/mol. The van der Waals surface area contributed by atoms with Gasteiger partial charge in [-0.15, -0.1) is 0 Å². The van der Waals surface area contributed by atoms with Crippen LogP contribution in [-0.4, -0.2) is 10.8 Å². The number of amides is 1. The number of hydrogen-bond acceptors (Lipinski definition) is 5. The van der Waals surface area contributed by atoms with E-state index in [0.717, 1.165) is 17.5 Å². The summed E-state index contributed by atoms with van der Waals surface area (Å²) in [6.07, 6.45) is 0. The maximum Gasteiger partial charge on any atom is 0.344 e. The number of nitrogens with one attached hydrogen (secondary N) is 1. The fraction of sp³-hybridized carbons (Fsp3) is 0.